The van der Waals surface area contributed by atoms with Crippen LogP contribution in [0, 0.1) is 0 Å². The SMILES string of the molecule is CCCCCC(CC(=O)Nc1cc(C(N)=O)ccc1C(C)(C)C)c1ccc(SC)cc1OC. The predicted molar refractivity (Wildman–Crippen MR) is 139 cm³/mol. The standard InChI is InChI=1S/C27H38N2O3S/c1-7-8-9-10-18(21-13-12-20(33-6)17-24(21)32-5)16-25(30)29-23-15-19(26(28)31)11-14-22(23)27(2,3)4/h11-15,17-18H,7-10,16H2,1-6H3,(H2,28,31)(H,29,30). The van der Waals surface area contributed by atoms with Crippen molar-refractivity contribution in [3.63, 3.8) is 0 Å². The van der Waals surface area contributed by atoms with Gasteiger partial charge in [-0.05, 0) is 59.4 Å². The maximum Gasteiger partial charge on any atom is 0.248 e. The zero-order valence-electron chi connectivity index (χ0n) is 20.8. The molecule has 5 nitrogen and oxygen atoms in total. The highest BCUT2D eigenvalue weighted by molar-refractivity contribution is 7.98. The molecule has 0 aliphatic rings. The van der Waals surface area contributed by atoms with E-state index in [2.05, 4.69) is 45.1 Å². The number of amides is 2. The Hall–Kier alpha value is -2.47. The van der Waals surface area contributed by atoms with Crippen molar-refractivity contribution in [3.8, 4) is 5.75 Å². The molecule has 2 aromatic rings. The summed E-state index contributed by atoms with van der Waals surface area (Å²) in [6, 6.07) is 11.5. The Morgan fingerprint density at radius 2 is 1.85 bits per heavy atom. The highest BCUT2D eigenvalue weighted by atomic mass is 32.2. The van der Waals surface area contributed by atoms with Gasteiger partial charge in [-0.3, -0.25) is 9.59 Å². The molecule has 0 bridgehead atoms. The minimum atomic E-state index is -0.512. The maximum absolute atomic E-state index is 13.2. The molecule has 0 spiro atoms. The molecule has 0 saturated heterocycles. The number of methoxy groups -OCH3 is 1. The number of anilines is 1. The van der Waals surface area contributed by atoms with Gasteiger partial charge in [0.1, 0.15) is 5.75 Å². The third-order valence-corrected chi connectivity index (χ3v) is 6.58. The van der Waals surface area contributed by atoms with Gasteiger partial charge >= 0.3 is 0 Å². The average Bonchev–Trinajstić information content (AvgIpc) is 2.77. The molecule has 0 heterocycles. The van der Waals surface area contributed by atoms with E-state index in [4.69, 9.17) is 10.5 Å². The van der Waals surface area contributed by atoms with Crippen molar-refractivity contribution < 1.29 is 14.3 Å². The van der Waals surface area contributed by atoms with Gasteiger partial charge in [-0.2, -0.15) is 0 Å². The second-order valence-electron chi connectivity index (χ2n) is 9.43. The number of thioether (sulfide) groups is 1. The smallest absolute Gasteiger partial charge is 0.248 e. The summed E-state index contributed by atoms with van der Waals surface area (Å²) in [7, 11) is 1.68. The van der Waals surface area contributed by atoms with E-state index in [-0.39, 0.29) is 17.2 Å². The van der Waals surface area contributed by atoms with E-state index in [1.807, 2.05) is 18.4 Å². The quantitative estimate of drug-likeness (QED) is 0.290. The van der Waals surface area contributed by atoms with Gasteiger partial charge in [0, 0.05) is 22.6 Å². The highest BCUT2D eigenvalue weighted by Gasteiger charge is 2.23. The first kappa shape index (κ1) is 26.8. The summed E-state index contributed by atoms with van der Waals surface area (Å²) in [5.74, 6) is 0.267. The lowest BCUT2D eigenvalue weighted by Gasteiger charge is -2.25. The molecule has 2 aromatic carbocycles. The third-order valence-electron chi connectivity index (χ3n) is 5.85. The molecule has 6 heteroatoms. The molecular weight excluding hydrogens is 432 g/mol. The second-order valence-corrected chi connectivity index (χ2v) is 10.3. The van der Waals surface area contributed by atoms with Gasteiger partial charge in [-0.25, -0.2) is 0 Å². The molecule has 180 valence electrons. The van der Waals surface area contributed by atoms with Gasteiger partial charge in [0.25, 0.3) is 0 Å². The van der Waals surface area contributed by atoms with Gasteiger partial charge in [0.2, 0.25) is 11.8 Å². The van der Waals surface area contributed by atoms with Crippen molar-refractivity contribution in [1.29, 1.82) is 0 Å². The first-order chi connectivity index (χ1) is 15.6. The fourth-order valence-corrected chi connectivity index (χ4v) is 4.47. The number of benzene rings is 2. The molecule has 1 atom stereocenters. The van der Waals surface area contributed by atoms with Crippen molar-refractivity contribution in [2.24, 2.45) is 5.73 Å². The lowest BCUT2D eigenvalue weighted by molar-refractivity contribution is -0.116. The van der Waals surface area contributed by atoms with Crippen LogP contribution in [0.4, 0.5) is 5.69 Å². The first-order valence-corrected chi connectivity index (χ1v) is 12.8. The Bertz CT molecular complexity index is 966. The van der Waals surface area contributed by atoms with Crippen LogP contribution in [0.15, 0.2) is 41.3 Å². The van der Waals surface area contributed by atoms with Gasteiger partial charge in [0.15, 0.2) is 0 Å². The summed E-state index contributed by atoms with van der Waals surface area (Å²) in [6.07, 6.45) is 6.57. The van der Waals surface area contributed by atoms with Crippen molar-refractivity contribution >= 4 is 29.3 Å². The maximum atomic E-state index is 13.2. The molecule has 0 aromatic heterocycles. The number of hydrogen-bond acceptors (Lipinski definition) is 4. The van der Waals surface area contributed by atoms with Crippen molar-refractivity contribution in [3.05, 3.63) is 53.1 Å². The molecule has 1 unspecified atom stereocenters. The highest BCUT2D eigenvalue weighted by Crippen LogP contribution is 2.36. The topological polar surface area (TPSA) is 81.4 Å². The average molecular weight is 471 g/mol. The van der Waals surface area contributed by atoms with Crippen LogP contribution in [-0.2, 0) is 10.2 Å². The Kier molecular flexibility index (Phi) is 9.84. The zero-order chi connectivity index (χ0) is 24.6. The third kappa shape index (κ3) is 7.53. The monoisotopic (exact) mass is 470 g/mol. The van der Waals surface area contributed by atoms with Crippen molar-refractivity contribution in [1.82, 2.24) is 0 Å². The molecule has 2 rings (SSSR count). The molecule has 0 saturated carbocycles. The summed E-state index contributed by atoms with van der Waals surface area (Å²) in [5.41, 5.74) is 8.33. The minimum absolute atomic E-state index is 0.0415. The van der Waals surface area contributed by atoms with E-state index in [0.717, 1.165) is 47.5 Å². The van der Waals surface area contributed by atoms with E-state index in [9.17, 15) is 9.59 Å². The number of nitrogens with one attached hydrogen (secondary N) is 1. The number of hydrogen-bond donors (Lipinski definition) is 2. The number of unbranched alkanes of at least 4 members (excludes halogenated alkanes) is 2. The zero-order valence-corrected chi connectivity index (χ0v) is 21.6. The van der Waals surface area contributed by atoms with E-state index >= 15 is 0 Å². The second kappa shape index (κ2) is 12.1. The number of rotatable bonds is 11. The summed E-state index contributed by atoms with van der Waals surface area (Å²) in [6.45, 7) is 8.41. The van der Waals surface area contributed by atoms with Gasteiger partial charge in [0.05, 0.1) is 7.11 Å². The first-order valence-electron chi connectivity index (χ1n) is 11.6. The van der Waals surface area contributed by atoms with Crippen LogP contribution in [-0.4, -0.2) is 25.2 Å². The molecule has 2 amide bonds. The summed E-state index contributed by atoms with van der Waals surface area (Å²) in [4.78, 5) is 26.1. The molecule has 3 N–H and O–H groups in total. The van der Waals surface area contributed by atoms with Crippen LogP contribution in [0.5, 0.6) is 5.75 Å². The Morgan fingerprint density at radius 1 is 1.12 bits per heavy atom. The Labute approximate surface area is 202 Å². The van der Waals surface area contributed by atoms with Crippen molar-refractivity contribution in [2.45, 2.75) is 76.0 Å². The fraction of sp³-hybridized carbons (Fsp3) is 0.481. The number of carbonyl (C=O) groups excluding carboxylic acids is 2. The number of ether oxygens (including phenoxy) is 1. The predicted octanol–water partition coefficient (Wildman–Crippen LogP) is 6.51. The van der Waals surface area contributed by atoms with Crippen LogP contribution in [0.3, 0.4) is 0 Å². The van der Waals surface area contributed by atoms with Crippen LogP contribution >= 0.6 is 11.8 Å². The molecule has 0 aliphatic carbocycles. The van der Waals surface area contributed by atoms with E-state index in [1.165, 1.54) is 0 Å². The van der Waals surface area contributed by atoms with Crippen LogP contribution in [0.2, 0.25) is 0 Å². The summed E-state index contributed by atoms with van der Waals surface area (Å²) >= 11 is 1.67. The summed E-state index contributed by atoms with van der Waals surface area (Å²) in [5, 5.41) is 3.07. The van der Waals surface area contributed by atoms with E-state index < -0.39 is 5.91 Å². The Morgan fingerprint density at radius 3 is 2.42 bits per heavy atom. The molecule has 33 heavy (non-hydrogen) atoms. The van der Waals surface area contributed by atoms with Crippen LogP contribution < -0.4 is 15.8 Å². The van der Waals surface area contributed by atoms with Gasteiger partial charge in [-0.1, -0.05) is 59.1 Å². The molecule has 0 radical (unpaired) electrons. The largest absolute Gasteiger partial charge is 0.496 e. The number of carbonyl (C=O) groups is 2. The molecule has 0 aliphatic heterocycles. The summed E-state index contributed by atoms with van der Waals surface area (Å²) < 4.78 is 5.68. The van der Waals surface area contributed by atoms with Crippen molar-refractivity contribution in [2.75, 3.05) is 18.7 Å². The fourth-order valence-electron chi connectivity index (χ4n) is 4.04. The van der Waals surface area contributed by atoms with Gasteiger partial charge in [-0.15, -0.1) is 11.8 Å². The van der Waals surface area contributed by atoms with Crippen LogP contribution in [0.1, 0.15) is 87.2 Å². The number of primary amides is 1. The minimum Gasteiger partial charge on any atom is -0.496 e. The van der Waals surface area contributed by atoms with E-state index in [0.29, 0.717) is 17.7 Å². The van der Waals surface area contributed by atoms with E-state index in [1.54, 1.807) is 31.0 Å². The molecular formula is C27H38N2O3S. The normalized spacial score (nSPS) is 12.3. The Balaban J connectivity index is 2.34. The van der Waals surface area contributed by atoms with Gasteiger partial charge < -0.3 is 15.8 Å². The molecule has 0 fully saturated rings. The lowest BCUT2D eigenvalue weighted by atomic mass is 9.84. The number of nitrogens with two attached hydrogens (primary N) is 1. The van der Waals surface area contributed by atoms with Crippen LogP contribution in [0.25, 0.3) is 0 Å². The lowest BCUT2D eigenvalue weighted by Crippen LogP contribution is -2.22.